The molecule has 25 heteroatoms. The van der Waals surface area contributed by atoms with Crippen molar-refractivity contribution >= 4 is 53.0 Å². The number of carbonyl (C=O) groups is 2. The van der Waals surface area contributed by atoms with Crippen LogP contribution < -0.4 is 43.0 Å². The quantitative estimate of drug-likeness (QED) is 0.00957. The van der Waals surface area contributed by atoms with Crippen molar-refractivity contribution in [3.63, 3.8) is 0 Å². The Labute approximate surface area is 510 Å². The van der Waals surface area contributed by atoms with Gasteiger partial charge < -0.3 is 53.5 Å². The molecular formula is C60H49F4N7O10RuS3. The summed E-state index contributed by atoms with van der Waals surface area (Å²) in [5.41, 5.74) is 4.10. The van der Waals surface area contributed by atoms with Crippen LogP contribution in [0.5, 0.6) is 46.0 Å². The Balaban J connectivity index is 0.000000210. The molecule has 2 aliphatic rings. The third kappa shape index (κ3) is 14.9. The molecule has 0 unspecified atom stereocenters. The number of unbranched alkanes of at least 4 members (excludes halogenated alkanes) is 4. The van der Waals surface area contributed by atoms with Gasteiger partial charge >= 0.3 is 19.5 Å². The van der Waals surface area contributed by atoms with Gasteiger partial charge in [-0.15, -0.1) is 22.7 Å². The van der Waals surface area contributed by atoms with E-state index in [1.807, 2.05) is 41.8 Å². The van der Waals surface area contributed by atoms with E-state index in [0.717, 1.165) is 75.6 Å². The van der Waals surface area contributed by atoms with Crippen LogP contribution in [0.15, 0.2) is 103 Å². The predicted molar refractivity (Wildman–Crippen MR) is 310 cm³/mol. The van der Waals surface area contributed by atoms with Gasteiger partial charge in [0.2, 0.25) is 0 Å². The maximum absolute atomic E-state index is 14.3. The molecule has 0 radical (unpaired) electrons. The fourth-order valence-electron chi connectivity index (χ4n) is 8.73. The minimum absolute atomic E-state index is 0. The van der Waals surface area contributed by atoms with Crippen LogP contribution in [-0.4, -0.2) is 82.8 Å². The molecule has 0 atom stereocenters. The maximum atomic E-state index is 14.3. The summed E-state index contributed by atoms with van der Waals surface area (Å²) in [5, 5.41) is 18.3. The van der Waals surface area contributed by atoms with Gasteiger partial charge in [0.25, 0.3) is 12.9 Å². The monoisotopic (exact) mass is 1300 g/mol. The number of isothiocyanates is 1. The zero-order chi connectivity index (χ0) is 59.0. The number of thiophene rings is 2. The smallest absolute Gasteiger partial charge is 0.753 e. The van der Waals surface area contributed by atoms with E-state index < -0.39 is 28.8 Å². The van der Waals surface area contributed by atoms with Gasteiger partial charge in [-0.25, -0.2) is 22.5 Å². The molecule has 2 aliphatic heterocycles. The summed E-state index contributed by atoms with van der Waals surface area (Å²) in [6.45, 7) is 7.90. The molecule has 0 saturated heterocycles. The largest absolute Gasteiger partial charge is 2.00 e. The van der Waals surface area contributed by atoms with Gasteiger partial charge in [-0.1, -0.05) is 63.5 Å². The van der Waals surface area contributed by atoms with Crippen molar-refractivity contribution in [3.05, 3.63) is 132 Å². The Hall–Kier alpha value is -8.47. The number of ether oxygens (including phenoxy) is 8. The van der Waals surface area contributed by atoms with E-state index in [1.165, 1.54) is 40.1 Å². The molecule has 0 fully saturated rings. The van der Waals surface area contributed by atoms with E-state index in [1.54, 1.807) is 42.7 Å². The summed E-state index contributed by atoms with van der Waals surface area (Å²) in [4.78, 5) is 42.7. The maximum Gasteiger partial charge on any atom is 2.00 e. The van der Waals surface area contributed by atoms with E-state index in [0.29, 0.717) is 122 Å². The minimum Gasteiger partial charge on any atom is -0.753 e. The van der Waals surface area contributed by atoms with Gasteiger partial charge in [0.15, 0.2) is 46.3 Å². The Kier molecular flexibility index (Phi) is 22.4. The van der Waals surface area contributed by atoms with Crippen LogP contribution in [0.1, 0.15) is 52.4 Å². The van der Waals surface area contributed by atoms with Crippen LogP contribution >= 0.6 is 34.9 Å². The van der Waals surface area contributed by atoms with Gasteiger partial charge in [0, 0.05) is 53.4 Å². The fourth-order valence-corrected chi connectivity index (χ4v) is 11.0. The molecule has 0 saturated carbocycles. The number of benzene rings is 2. The average molecular weight is 1300 g/mol. The Bertz CT molecular complexity index is 3800. The average Bonchev–Trinajstić information content (AvgIpc) is 2.43. The van der Waals surface area contributed by atoms with Gasteiger partial charge in [0.05, 0.1) is 61.9 Å². The molecule has 438 valence electrons. The van der Waals surface area contributed by atoms with Crippen molar-refractivity contribution in [2.45, 2.75) is 52.4 Å². The van der Waals surface area contributed by atoms with E-state index in [-0.39, 0.29) is 36.6 Å². The van der Waals surface area contributed by atoms with Crippen molar-refractivity contribution < 1.29 is 84.5 Å². The number of halogens is 4. The van der Waals surface area contributed by atoms with Crippen molar-refractivity contribution in [2.24, 2.45) is 0 Å². The first kappa shape index (κ1) is 62.6. The number of aromatic nitrogens is 6. The van der Waals surface area contributed by atoms with Crippen LogP contribution in [0, 0.1) is 23.3 Å². The van der Waals surface area contributed by atoms with Gasteiger partial charge in [-0.3, -0.25) is 24.5 Å². The molecule has 0 amide bonds. The van der Waals surface area contributed by atoms with Crippen molar-refractivity contribution in [1.82, 2.24) is 30.1 Å². The number of pyridine rings is 4. The SMILES string of the molecule is CCCCCOc1cccc(OCCCCC)c1-c1ccnc(-c2cc(-c3cc(F)c(F)c(F)c3F)n[n-]2)c1.O=COc1ccnc(-c2cc(OC=O)cc(-c3cc(-c4sc(-c5scc6c5OCCO6)c5c4OCCO5)ccn3)n2)c1.[N-]=C=S.[Ru+2]. The number of thiocarbonyl (C=S) groups is 1. The van der Waals surface area contributed by atoms with E-state index in [9.17, 15) is 27.2 Å². The van der Waals surface area contributed by atoms with E-state index in [4.69, 9.17) is 48.3 Å². The third-order valence-electron chi connectivity index (χ3n) is 12.6. The normalized spacial score (nSPS) is 11.8. The summed E-state index contributed by atoms with van der Waals surface area (Å²) in [5.74, 6) is -2.19. The number of hydrogen-bond donors (Lipinski definition) is 0. The molecule has 0 aliphatic carbocycles. The second-order valence-electron chi connectivity index (χ2n) is 18.1. The first-order valence-electron chi connectivity index (χ1n) is 26.2. The zero-order valence-corrected chi connectivity index (χ0v) is 49.4. The molecule has 9 heterocycles. The van der Waals surface area contributed by atoms with Gasteiger partial charge in [0.1, 0.15) is 49.4 Å². The van der Waals surface area contributed by atoms with Crippen molar-refractivity contribution in [2.75, 3.05) is 39.6 Å². The molecule has 7 aromatic heterocycles. The van der Waals surface area contributed by atoms with Gasteiger partial charge in [-0.2, -0.15) is 5.16 Å². The molecule has 0 N–H and O–H groups in total. The standard InChI is InChI=1S/C30H30F4N3O2.C29H19N3O8S2.CNS.Ru/c1-3-5-7-14-38-25-10-9-11-26(39-15-8-6-4-2)27(25)19-12-13-35-23(16-19)24-18-22(36-37-24)20-17-21(31)29(33)30(34)28(20)32;33-14-39-17-2-4-31-20(10-17)22-12-18(40-15-34)11-21(32-22)19-9-16(1-3-30-19)27-25-26(38-8-7-37-25)29(42-27)28-24-23(13-41-28)35-5-6-36-24;2-1-3;/h9-13,16-18H,3-8,14-15H2,1-2H3;1-4,9-15H,5-8H2;;/q-1;;-1;+2. The first-order valence-corrected chi connectivity index (χ1v) is 28.3. The molecule has 0 bridgehead atoms. The summed E-state index contributed by atoms with van der Waals surface area (Å²) in [6.07, 6.45) is 10.9. The summed E-state index contributed by atoms with van der Waals surface area (Å²) in [7, 11) is 0. The van der Waals surface area contributed by atoms with Crippen molar-refractivity contribution in [3.8, 4) is 123 Å². The summed E-state index contributed by atoms with van der Waals surface area (Å²) >= 11 is 6.77. The number of hydrogen-bond acceptors (Lipinski definition) is 18. The second kappa shape index (κ2) is 30.4. The van der Waals surface area contributed by atoms with Crippen molar-refractivity contribution in [1.29, 1.82) is 0 Å². The molecule has 85 heavy (non-hydrogen) atoms. The Morgan fingerprint density at radius 3 is 1.86 bits per heavy atom. The summed E-state index contributed by atoms with van der Waals surface area (Å²) < 4.78 is 102. The fraction of sp³-hybridized carbons (Fsp3) is 0.233. The third-order valence-corrected chi connectivity index (χ3v) is 14.9. The van der Waals surface area contributed by atoms with Crippen LogP contribution in [-0.2, 0) is 29.1 Å². The summed E-state index contributed by atoms with van der Waals surface area (Å²) in [6, 6.07) is 21.2. The topological polar surface area (TPSA) is 209 Å². The predicted octanol–water partition coefficient (Wildman–Crippen LogP) is 14.1. The molecule has 11 rings (SSSR count). The van der Waals surface area contributed by atoms with E-state index >= 15 is 0 Å². The zero-order valence-electron chi connectivity index (χ0n) is 45.3. The first-order chi connectivity index (χ1) is 41.1. The van der Waals surface area contributed by atoms with Crippen LogP contribution in [0.4, 0.5) is 17.6 Å². The number of carbonyl (C=O) groups excluding carboxylic acids is 2. The second-order valence-corrected chi connectivity index (χ2v) is 20.2. The molecule has 0 spiro atoms. The van der Waals surface area contributed by atoms with Crippen LogP contribution in [0.3, 0.4) is 0 Å². The van der Waals surface area contributed by atoms with Gasteiger partial charge in [-0.05, 0) is 78.6 Å². The van der Waals surface area contributed by atoms with E-state index in [2.05, 4.69) is 51.2 Å². The number of fused-ring (bicyclic) bond motifs is 2. The van der Waals surface area contributed by atoms with Crippen LogP contribution in [0.2, 0.25) is 0 Å². The molecular weight excluding hydrogens is 1250 g/mol. The molecule has 17 nitrogen and oxygen atoms in total. The van der Waals surface area contributed by atoms with Crippen LogP contribution in [0.25, 0.3) is 82.2 Å². The Morgan fingerprint density at radius 1 is 0.635 bits per heavy atom. The molecule has 2 aromatic carbocycles. The Morgan fingerprint density at radius 2 is 1.20 bits per heavy atom. The minimum atomic E-state index is -1.91. The number of rotatable bonds is 21. The number of nitrogens with zero attached hydrogens (tertiary/aromatic N) is 7. The molecule has 9 aromatic rings.